The van der Waals surface area contributed by atoms with Crippen molar-refractivity contribution in [1.29, 1.82) is 5.26 Å². The Morgan fingerprint density at radius 3 is 2.42 bits per heavy atom. The van der Waals surface area contributed by atoms with Crippen molar-refractivity contribution in [3.8, 4) is 22.9 Å². The Morgan fingerprint density at radius 1 is 1.15 bits per heavy atom. The number of likely N-dealkylation sites (tertiary alicyclic amines) is 1. The predicted molar refractivity (Wildman–Crippen MR) is 170 cm³/mol. The fraction of sp³-hybridized carbons (Fsp3) is 0.429. The summed E-state index contributed by atoms with van der Waals surface area (Å²) in [5, 5.41) is 22.1. The number of rotatable bonds is 13. The number of carboxylic acids is 1. The topological polar surface area (TPSA) is 125 Å². The molecular formula is C35H38F4N4O5. The molecule has 13 heteroatoms. The van der Waals surface area contributed by atoms with Crippen LogP contribution in [0.4, 0.5) is 17.6 Å². The van der Waals surface area contributed by atoms with Crippen LogP contribution in [0.1, 0.15) is 73.0 Å². The predicted octanol–water partition coefficient (Wildman–Crippen LogP) is 6.03. The van der Waals surface area contributed by atoms with E-state index < -0.39 is 53.5 Å². The molecule has 4 rings (SSSR count). The zero-order valence-corrected chi connectivity index (χ0v) is 27.2. The smallest absolute Gasteiger partial charge is 0.416 e. The van der Waals surface area contributed by atoms with E-state index >= 15 is 4.39 Å². The molecule has 0 radical (unpaired) electrons. The molecular weight excluding hydrogens is 632 g/mol. The Kier molecular flexibility index (Phi) is 11.3. The number of aliphatic carboxylic acids is 1. The van der Waals surface area contributed by atoms with Gasteiger partial charge in [-0.15, -0.1) is 0 Å². The van der Waals surface area contributed by atoms with Crippen LogP contribution in [-0.2, 0) is 22.2 Å². The molecule has 0 aliphatic carbocycles. The van der Waals surface area contributed by atoms with Crippen molar-refractivity contribution in [2.75, 3.05) is 26.7 Å². The number of amides is 1. The van der Waals surface area contributed by atoms with Crippen LogP contribution < -0.4 is 15.6 Å². The Hall–Kier alpha value is -4.70. The molecule has 1 aromatic heterocycles. The van der Waals surface area contributed by atoms with E-state index in [9.17, 15) is 37.9 Å². The molecule has 0 saturated carbocycles. The fourth-order valence-corrected chi connectivity index (χ4v) is 5.86. The average Bonchev–Trinajstić information content (AvgIpc) is 2.99. The van der Waals surface area contributed by atoms with Crippen LogP contribution in [0.3, 0.4) is 0 Å². The number of carboxylic acid groups (broad SMARTS) is 1. The molecule has 1 fully saturated rings. The molecule has 2 N–H and O–H groups in total. The SMILES string of the molecule is COc1ccc(-c2cc(C)c(F)c(C(CC(=O)O)NC(=O)C(CC(C)C)n3cc(CCN4CCC4)c(C(F)(F)F)cc3=O)c2)c(C#N)c1. The molecule has 2 atom stereocenters. The Labute approximate surface area is 275 Å². The summed E-state index contributed by atoms with van der Waals surface area (Å²) in [7, 11) is 1.44. The lowest BCUT2D eigenvalue weighted by Crippen LogP contribution is -2.41. The summed E-state index contributed by atoms with van der Waals surface area (Å²) in [4.78, 5) is 41.1. The molecule has 2 unspecified atom stereocenters. The molecule has 1 saturated heterocycles. The fourth-order valence-electron chi connectivity index (χ4n) is 5.86. The lowest BCUT2D eigenvalue weighted by atomic mass is 9.92. The van der Waals surface area contributed by atoms with Gasteiger partial charge >= 0.3 is 12.1 Å². The standard InChI is InChI=1S/C35H38F4N4O5/c1-20(2)12-30(43-19-22(8-11-42-9-5-10-42)28(16-31(43)44)35(37,38)39)34(47)41-29(17-32(45)46)27-15-23(13-21(3)33(27)36)26-7-6-25(48-4)14-24(26)18-40/h6-7,13-16,19-20,29-30H,5,8-12,17H2,1-4H3,(H,41,47)(H,45,46). The van der Waals surface area contributed by atoms with Crippen molar-refractivity contribution >= 4 is 11.9 Å². The lowest BCUT2D eigenvalue weighted by molar-refractivity contribution is -0.139. The zero-order chi connectivity index (χ0) is 35.3. The Morgan fingerprint density at radius 2 is 1.85 bits per heavy atom. The van der Waals surface area contributed by atoms with Crippen molar-refractivity contribution in [2.24, 2.45) is 5.92 Å². The van der Waals surface area contributed by atoms with Crippen LogP contribution in [0, 0.1) is 30.0 Å². The van der Waals surface area contributed by atoms with E-state index in [1.165, 1.54) is 32.2 Å². The summed E-state index contributed by atoms with van der Waals surface area (Å²) in [5.41, 5.74) is -1.27. The van der Waals surface area contributed by atoms with Crippen LogP contribution in [0.25, 0.3) is 11.1 Å². The van der Waals surface area contributed by atoms with Crippen LogP contribution in [0.2, 0.25) is 0 Å². The van der Waals surface area contributed by atoms with Crippen molar-refractivity contribution in [3.05, 3.63) is 86.6 Å². The molecule has 1 aliphatic rings. The van der Waals surface area contributed by atoms with Gasteiger partial charge in [-0.2, -0.15) is 18.4 Å². The van der Waals surface area contributed by atoms with E-state index in [-0.39, 0.29) is 41.0 Å². The molecule has 9 nitrogen and oxygen atoms in total. The summed E-state index contributed by atoms with van der Waals surface area (Å²) >= 11 is 0. The normalized spacial score (nSPS) is 14.6. The van der Waals surface area contributed by atoms with Crippen LogP contribution >= 0.6 is 0 Å². The maximum Gasteiger partial charge on any atom is 0.416 e. The maximum atomic E-state index is 15.7. The maximum absolute atomic E-state index is 15.7. The molecule has 3 aromatic rings. The van der Waals surface area contributed by atoms with Crippen LogP contribution in [-0.4, -0.2) is 53.2 Å². The van der Waals surface area contributed by atoms with Gasteiger partial charge in [-0.1, -0.05) is 13.8 Å². The quantitative estimate of drug-likeness (QED) is 0.213. The van der Waals surface area contributed by atoms with E-state index in [2.05, 4.69) is 11.4 Å². The van der Waals surface area contributed by atoms with Gasteiger partial charge in [-0.3, -0.25) is 14.4 Å². The Bertz CT molecular complexity index is 1780. The van der Waals surface area contributed by atoms with Crippen LogP contribution in [0.15, 0.2) is 47.4 Å². The number of carbonyl (C=O) groups excluding carboxylic acids is 1. The first kappa shape index (κ1) is 36.1. The van der Waals surface area contributed by atoms with Gasteiger partial charge in [0.25, 0.3) is 5.56 Å². The van der Waals surface area contributed by atoms with E-state index in [1.54, 1.807) is 26.0 Å². The number of pyridine rings is 1. The molecule has 48 heavy (non-hydrogen) atoms. The van der Waals surface area contributed by atoms with Gasteiger partial charge in [-0.25, -0.2) is 4.39 Å². The molecule has 1 amide bonds. The number of nitriles is 1. The highest BCUT2D eigenvalue weighted by Gasteiger charge is 2.36. The second-order valence-electron chi connectivity index (χ2n) is 12.4. The Balaban J connectivity index is 1.77. The number of aryl methyl sites for hydroxylation is 1. The molecule has 256 valence electrons. The number of nitrogens with zero attached hydrogens (tertiary/aromatic N) is 3. The number of methoxy groups -OCH3 is 1. The number of ether oxygens (including phenoxy) is 1. The molecule has 2 heterocycles. The van der Waals surface area contributed by atoms with Crippen molar-refractivity contribution in [2.45, 2.75) is 64.7 Å². The number of halogens is 4. The van der Waals surface area contributed by atoms with Crippen molar-refractivity contribution in [3.63, 3.8) is 0 Å². The van der Waals surface area contributed by atoms with Gasteiger partial charge in [0.15, 0.2) is 0 Å². The number of carbonyl (C=O) groups is 2. The minimum Gasteiger partial charge on any atom is -0.497 e. The minimum absolute atomic E-state index is 0.000105. The van der Waals surface area contributed by atoms with Gasteiger partial charge in [-0.05, 0) is 97.8 Å². The van der Waals surface area contributed by atoms with E-state index in [1.807, 2.05) is 4.90 Å². The average molecular weight is 671 g/mol. The van der Waals surface area contributed by atoms with Gasteiger partial charge in [0.2, 0.25) is 5.91 Å². The highest BCUT2D eigenvalue weighted by Crippen LogP contribution is 2.35. The highest BCUT2D eigenvalue weighted by atomic mass is 19.4. The second kappa shape index (κ2) is 15.0. The van der Waals surface area contributed by atoms with E-state index in [0.29, 0.717) is 29.5 Å². The third kappa shape index (κ3) is 8.41. The van der Waals surface area contributed by atoms with Crippen molar-refractivity contribution < 1.29 is 37.0 Å². The van der Waals surface area contributed by atoms with Gasteiger partial charge < -0.3 is 24.6 Å². The summed E-state index contributed by atoms with van der Waals surface area (Å²) in [6.07, 6.45) is -3.48. The molecule has 2 aromatic carbocycles. The largest absolute Gasteiger partial charge is 0.497 e. The summed E-state index contributed by atoms with van der Waals surface area (Å²) in [5.74, 6) is -2.78. The molecule has 1 aliphatic heterocycles. The molecule has 0 bridgehead atoms. The van der Waals surface area contributed by atoms with E-state index in [4.69, 9.17) is 4.74 Å². The van der Waals surface area contributed by atoms with Gasteiger partial charge in [0.05, 0.1) is 36.8 Å². The first-order chi connectivity index (χ1) is 22.6. The van der Waals surface area contributed by atoms with Gasteiger partial charge in [0.1, 0.15) is 17.6 Å². The highest BCUT2D eigenvalue weighted by molar-refractivity contribution is 5.82. The van der Waals surface area contributed by atoms with E-state index in [0.717, 1.165) is 30.3 Å². The third-order valence-electron chi connectivity index (χ3n) is 8.46. The summed E-state index contributed by atoms with van der Waals surface area (Å²) in [6, 6.07) is 7.38. The number of hydrogen-bond donors (Lipinski definition) is 2. The molecule has 0 spiro atoms. The van der Waals surface area contributed by atoms with Crippen LogP contribution in [0.5, 0.6) is 5.75 Å². The second-order valence-corrected chi connectivity index (χ2v) is 12.4. The minimum atomic E-state index is -4.79. The summed E-state index contributed by atoms with van der Waals surface area (Å²) in [6.45, 7) is 6.87. The number of alkyl halides is 3. The number of aromatic nitrogens is 1. The zero-order valence-electron chi connectivity index (χ0n) is 27.2. The number of nitrogens with one attached hydrogen (secondary N) is 1. The monoisotopic (exact) mass is 670 g/mol. The first-order valence-electron chi connectivity index (χ1n) is 15.6. The third-order valence-corrected chi connectivity index (χ3v) is 8.46. The number of benzene rings is 2. The first-order valence-corrected chi connectivity index (χ1v) is 15.6. The lowest BCUT2D eigenvalue weighted by Gasteiger charge is -2.31. The van der Waals surface area contributed by atoms with Crippen molar-refractivity contribution in [1.82, 2.24) is 14.8 Å². The van der Waals surface area contributed by atoms with Gasteiger partial charge in [0, 0.05) is 24.4 Å². The summed E-state index contributed by atoms with van der Waals surface area (Å²) < 4.78 is 63.9. The number of hydrogen-bond acceptors (Lipinski definition) is 6.